The first kappa shape index (κ1) is 12.6. The summed E-state index contributed by atoms with van der Waals surface area (Å²) in [5.41, 5.74) is 0. The molecule has 1 fully saturated rings. The van der Waals surface area contributed by atoms with E-state index >= 15 is 0 Å². The highest BCUT2D eigenvalue weighted by molar-refractivity contribution is 9.10. The number of halogens is 1. The van der Waals surface area contributed by atoms with Crippen LogP contribution in [-0.4, -0.2) is 40.2 Å². The zero-order chi connectivity index (χ0) is 11.6. The lowest BCUT2D eigenvalue weighted by Gasteiger charge is -2.17. The van der Waals surface area contributed by atoms with Gasteiger partial charge in [0.1, 0.15) is 0 Å². The minimum Gasteiger partial charge on any atom is -0.475 e. The van der Waals surface area contributed by atoms with Crippen LogP contribution in [-0.2, 0) is 19.1 Å². The van der Waals surface area contributed by atoms with Gasteiger partial charge in [-0.05, 0) is 20.3 Å². The van der Waals surface area contributed by atoms with Crippen molar-refractivity contribution in [2.45, 2.75) is 37.0 Å². The second-order valence-corrected chi connectivity index (χ2v) is 4.93. The minimum atomic E-state index is -1.44. The summed E-state index contributed by atoms with van der Waals surface area (Å²) in [6.45, 7) is 3.92. The van der Waals surface area contributed by atoms with E-state index in [9.17, 15) is 9.59 Å². The number of hydrogen-bond donors (Lipinski definition) is 1. The molecule has 1 rings (SSSR count). The molecule has 0 aliphatic carbocycles. The van der Waals surface area contributed by atoms with Crippen LogP contribution >= 0.6 is 15.9 Å². The molecule has 0 amide bonds. The highest BCUT2D eigenvalue weighted by Crippen LogP contribution is 2.26. The number of hydrogen-bond acceptors (Lipinski definition) is 4. The molecule has 1 heterocycles. The summed E-state index contributed by atoms with van der Waals surface area (Å²) in [5, 5.41) is 8.48. The Hall–Kier alpha value is -0.460. The SMILES string of the molecule is CC1(C)OCC(CC(Br)C(=O)C(=O)O)O1. The Balaban J connectivity index is 2.43. The van der Waals surface area contributed by atoms with E-state index in [1.807, 2.05) is 0 Å². The zero-order valence-electron chi connectivity index (χ0n) is 8.53. The van der Waals surface area contributed by atoms with Crippen molar-refractivity contribution >= 4 is 27.7 Å². The summed E-state index contributed by atoms with van der Waals surface area (Å²) >= 11 is 3.03. The zero-order valence-corrected chi connectivity index (χ0v) is 10.1. The number of carboxylic acids is 1. The molecular weight excluding hydrogens is 268 g/mol. The average Bonchev–Trinajstić information content (AvgIpc) is 2.43. The van der Waals surface area contributed by atoms with Gasteiger partial charge in [0.05, 0.1) is 17.5 Å². The van der Waals surface area contributed by atoms with Crippen LogP contribution in [0.15, 0.2) is 0 Å². The minimum absolute atomic E-state index is 0.243. The van der Waals surface area contributed by atoms with Crippen molar-refractivity contribution in [3.63, 3.8) is 0 Å². The fourth-order valence-electron chi connectivity index (χ4n) is 1.35. The first-order valence-corrected chi connectivity index (χ1v) is 5.46. The summed E-state index contributed by atoms with van der Waals surface area (Å²) in [6, 6.07) is 0. The molecule has 0 aromatic rings. The molecule has 6 heteroatoms. The van der Waals surface area contributed by atoms with Crippen LogP contribution in [0.4, 0.5) is 0 Å². The van der Waals surface area contributed by atoms with Crippen molar-refractivity contribution in [3.05, 3.63) is 0 Å². The van der Waals surface area contributed by atoms with E-state index in [1.165, 1.54) is 0 Å². The third kappa shape index (κ3) is 3.55. The number of carboxylic acid groups (broad SMARTS) is 1. The average molecular weight is 281 g/mol. The molecule has 1 aliphatic rings. The number of rotatable bonds is 4. The lowest BCUT2D eigenvalue weighted by molar-refractivity contribution is -0.149. The Labute approximate surface area is 95.9 Å². The molecule has 1 N–H and O–H groups in total. The van der Waals surface area contributed by atoms with E-state index < -0.39 is 22.4 Å². The normalized spacial score (nSPS) is 26.2. The first-order chi connectivity index (χ1) is 6.82. The van der Waals surface area contributed by atoms with Crippen molar-refractivity contribution < 1.29 is 24.2 Å². The number of carbonyl (C=O) groups excluding carboxylic acids is 1. The number of ether oxygens (including phenoxy) is 2. The van der Waals surface area contributed by atoms with Gasteiger partial charge in [-0.3, -0.25) is 4.79 Å². The van der Waals surface area contributed by atoms with Gasteiger partial charge in [0.25, 0.3) is 5.78 Å². The molecule has 2 atom stereocenters. The topological polar surface area (TPSA) is 72.8 Å². The summed E-state index contributed by atoms with van der Waals surface area (Å²) in [5.74, 6) is -2.94. The quantitative estimate of drug-likeness (QED) is 0.613. The molecule has 1 aliphatic heterocycles. The predicted molar refractivity (Wildman–Crippen MR) is 54.9 cm³/mol. The van der Waals surface area contributed by atoms with Gasteiger partial charge >= 0.3 is 5.97 Å². The standard InChI is InChI=1S/C9H13BrO5/c1-9(2)14-4-5(15-9)3-6(10)7(11)8(12)13/h5-6H,3-4H2,1-2H3,(H,12,13). The highest BCUT2D eigenvalue weighted by Gasteiger charge is 2.35. The van der Waals surface area contributed by atoms with Gasteiger partial charge in [-0.15, -0.1) is 0 Å². The lowest BCUT2D eigenvalue weighted by atomic mass is 10.1. The van der Waals surface area contributed by atoms with Gasteiger partial charge in [0.2, 0.25) is 0 Å². The number of aliphatic carboxylic acids is 1. The van der Waals surface area contributed by atoms with E-state index in [2.05, 4.69) is 15.9 Å². The van der Waals surface area contributed by atoms with E-state index in [4.69, 9.17) is 14.6 Å². The van der Waals surface area contributed by atoms with Gasteiger partial charge in [-0.1, -0.05) is 15.9 Å². The highest BCUT2D eigenvalue weighted by atomic mass is 79.9. The van der Waals surface area contributed by atoms with E-state index in [0.717, 1.165) is 0 Å². The fraction of sp³-hybridized carbons (Fsp3) is 0.778. The summed E-state index contributed by atoms with van der Waals surface area (Å²) in [4.78, 5) is 20.7. The second kappa shape index (κ2) is 4.59. The van der Waals surface area contributed by atoms with Crippen molar-refractivity contribution in [2.24, 2.45) is 0 Å². The third-order valence-corrected chi connectivity index (χ3v) is 2.82. The largest absolute Gasteiger partial charge is 0.475 e. The molecule has 0 radical (unpaired) electrons. The summed E-state index contributed by atoms with van der Waals surface area (Å²) in [6.07, 6.45) is 0.0573. The molecule has 0 aromatic carbocycles. The van der Waals surface area contributed by atoms with Crippen LogP contribution in [0.3, 0.4) is 0 Å². The van der Waals surface area contributed by atoms with Crippen LogP contribution < -0.4 is 0 Å². The van der Waals surface area contributed by atoms with E-state index in [1.54, 1.807) is 13.8 Å². The lowest BCUT2D eigenvalue weighted by Crippen LogP contribution is -2.29. The molecule has 2 unspecified atom stereocenters. The molecule has 0 aromatic heterocycles. The number of alkyl halides is 1. The van der Waals surface area contributed by atoms with Gasteiger partial charge in [-0.2, -0.15) is 0 Å². The predicted octanol–water partition coefficient (Wildman–Crippen LogP) is 0.945. The maximum atomic E-state index is 11.0. The second-order valence-electron chi connectivity index (χ2n) is 3.82. The fourth-order valence-corrected chi connectivity index (χ4v) is 1.96. The monoisotopic (exact) mass is 280 g/mol. The van der Waals surface area contributed by atoms with Crippen LogP contribution in [0.5, 0.6) is 0 Å². The van der Waals surface area contributed by atoms with Crippen molar-refractivity contribution in [3.8, 4) is 0 Å². The molecule has 1 saturated heterocycles. The maximum absolute atomic E-state index is 11.0. The molecule has 5 nitrogen and oxygen atoms in total. The number of carbonyl (C=O) groups is 2. The van der Waals surface area contributed by atoms with Gasteiger partial charge in [0, 0.05) is 0 Å². The van der Waals surface area contributed by atoms with Crippen LogP contribution in [0.25, 0.3) is 0 Å². The Morgan fingerprint density at radius 2 is 2.20 bits per heavy atom. The summed E-state index contributed by atoms with van der Waals surface area (Å²) in [7, 11) is 0. The summed E-state index contributed by atoms with van der Waals surface area (Å²) < 4.78 is 10.7. The first-order valence-electron chi connectivity index (χ1n) is 4.55. The van der Waals surface area contributed by atoms with Gasteiger partial charge < -0.3 is 14.6 Å². The Morgan fingerprint density at radius 3 is 2.60 bits per heavy atom. The molecule has 86 valence electrons. The smallest absolute Gasteiger partial charge is 0.373 e. The van der Waals surface area contributed by atoms with Gasteiger partial charge in [0.15, 0.2) is 5.79 Å². The molecule has 0 spiro atoms. The van der Waals surface area contributed by atoms with E-state index in [-0.39, 0.29) is 6.10 Å². The van der Waals surface area contributed by atoms with Crippen LogP contribution in [0.1, 0.15) is 20.3 Å². The molecular formula is C9H13BrO5. The number of Topliss-reactive ketones (excluding diaryl/α,β-unsaturated/α-hetero) is 1. The number of ketones is 1. The Kier molecular flexibility index (Phi) is 3.86. The van der Waals surface area contributed by atoms with Crippen molar-refractivity contribution in [2.75, 3.05) is 6.61 Å². The van der Waals surface area contributed by atoms with Crippen molar-refractivity contribution in [1.82, 2.24) is 0 Å². The Morgan fingerprint density at radius 1 is 1.60 bits per heavy atom. The molecule has 0 bridgehead atoms. The van der Waals surface area contributed by atoms with Gasteiger partial charge in [-0.25, -0.2) is 4.79 Å². The maximum Gasteiger partial charge on any atom is 0.373 e. The molecule has 15 heavy (non-hydrogen) atoms. The molecule has 0 saturated carbocycles. The third-order valence-electron chi connectivity index (χ3n) is 2.03. The van der Waals surface area contributed by atoms with Crippen molar-refractivity contribution in [1.29, 1.82) is 0 Å². The van der Waals surface area contributed by atoms with E-state index in [0.29, 0.717) is 13.0 Å². The Bertz CT molecular complexity index is 276. The van der Waals surface area contributed by atoms with Crippen LogP contribution in [0, 0.1) is 0 Å². The van der Waals surface area contributed by atoms with Crippen LogP contribution in [0.2, 0.25) is 0 Å².